The van der Waals surface area contributed by atoms with Gasteiger partial charge in [-0.3, -0.25) is 4.99 Å². The molecule has 28 heavy (non-hydrogen) atoms. The van der Waals surface area contributed by atoms with Gasteiger partial charge in [0.05, 0.1) is 11.6 Å². The van der Waals surface area contributed by atoms with E-state index >= 15 is 0 Å². The Bertz CT molecular complexity index is 728. The van der Waals surface area contributed by atoms with Crippen molar-refractivity contribution in [2.75, 3.05) is 45.4 Å². The second kappa shape index (κ2) is 10.9. The monoisotopic (exact) mass is 402 g/mol. The van der Waals surface area contributed by atoms with Crippen LogP contribution in [0.15, 0.2) is 46.8 Å². The van der Waals surface area contributed by atoms with Crippen molar-refractivity contribution in [3.05, 3.63) is 47.3 Å². The molecule has 1 aliphatic rings. The smallest absolute Gasteiger partial charge is 0.191 e. The molecule has 0 bridgehead atoms. The molecule has 0 radical (unpaired) electrons. The fraction of sp³-hybridized carbons (Fsp3) is 0.476. The first-order chi connectivity index (χ1) is 13.8. The summed E-state index contributed by atoms with van der Waals surface area (Å²) in [5.74, 6) is 1.71. The summed E-state index contributed by atoms with van der Waals surface area (Å²) in [6.07, 6.45) is 2.23. The van der Waals surface area contributed by atoms with Crippen LogP contribution < -0.4 is 20.3 Å². The van der Waals surface area contributed by atoms with Crippen LogP contribution >= 0.6 is 11.3 Å². The van der Waals surface area contributed by atoms with Gasteiger partial charge in [-0.2, -0.15) is 0 Å². The van der Waals surface area contributed by atoms with Crippen LogP contribution in [0.25, 0.3) is 0 Å². The van der Waals surface area contributed by atoms with E-state index in [1.54, 1.807) is 7.11 Å². The summed E-state index contributed by atoms with van der Waals surface area (Å²) in [6, 6.07) is 12.9. The van der Waals surface area contributed by atoms with Crippen molar-refractivity contribution >= 4 is 22.3 Å². The van der Waals surface area contributed by atoms with Gasteiger partial charge in [0.2, 0.25) is 0 Å². The summed E-state index contributed by atoms with van der Waals surface area (Å²) in [4.78, 5) is 6.85. The molecule has 0 unspecified atom stereocenters. The number of thiophene rings is 1. The number of hydrogen-bond acceptors (Lipinski definition) is 5. The van der Waals surface area contributed by atoms with Crippen molar-refractivity contribution < 1.29 is 9.47 Å². The lowest BCUT2D eigenvalue weighted by atomic mass is 10.1. The standard InChI is InChI=1S/C21H30N4O2S/c1-22-21(23-16-17-5-3-6-19(15-17)27-13-12-26-2)24-18-8-10-25(11-9-18)20-7-4-14-28-20/h3-7,14-15,18H,8-13,16H2,1-2H3,(H2,22,23,24). The second-order valence-electron chi connectivity index (χ2n) is 6.77. The van der Waals surface area contributed by atoms with E-state index in [1.807, 2.05) is 30.5 Å². The molecule has 0 aliphatic carbocycles. The molecule has 2 heterocycles. The first kappa shape index (κ1) is 20.5. The predicted octanol–water partition coefficient (Wildman–Crippen LogP) is 3.11. The number of hydrogen-bond donors (Lipinski definition) is 2. The maximum Gasteiger partial charge on any atom is 0.191 e. The number of methoxy groups -OCH3 is 1. The topological polar surface area (TPSA) is 58.1 Å². The van der Waals surface area contributed by atoms with Crippen LogP contribution in [-0.2, 0) is 11.3 Å². The van der Waals surface area contributed by atoms with Crippen molar-refractivity contribution in [3.8, 4) is 5.75 Å². The Balaban J connectivity index is 1.43. The molecule has 1 aliphatic heterocycles. The van der Waals surface area contributed by atoms with Gasteiger partial charge < -0.3 is 25.0 Å². The highest BCUT2D eigenvalue weighted by Crippen LogP contribution is 2.24. The number of anilines is 1. The maximum absolute atomic E-state index is 5.68. The van der Waals surface area contributed by atoms with Crippen LogP contribution in [0.5, 0.6) is 5.75 Å². The largest absolute Gasteiger partial charge is 0.491 e. The Morgan fingerprint density at radius 1 is 1.21 bits per heavy atom. The van der Waals surface area contributed by atoms with E-state index < -0.39 is 0 Å². The fourth-order valence-electron chi connectivity index (χ4n) is 3.26. The third kappa shape index (κ3) is 6.14. The third-order valence-corrected chi connectivity index (χ3v) is 5.72. The number of nitrogens with zero attached hydrogens (tertiary/aromatic N) is 2. The maximum atomic E-state index is 5.68. The number of benzene rings is 1. The normalized spacial score (nSPS) is 15.5. The van der Waals surface area contributed by atoms with E-state index in [4.69, 9.17) is 9.47 Å². The van der Waals surface area contributed by atoms with Gasteiger partial charge in [0.1, 0.15) is 12.4 Å². The molecule has 2 N–H and O–H groups in total. The number of aliphatic imine (C=N–C) groups is 1. The van der Waals surface area contributed by atoms with Gasteiger partial charge in [-0.05, 0) is 48.1 Å². The summed E-state index contributed by atoms with van der Waals surface area (Å²) in [5.41, 5.74) is 1.16. The Hall–Kier alpha value is -2.25. The molecule has 7 heteroatoms. The fourth-order valence-corrected chi connectivity index (χ4v) is 4.04. The third-order valence-electron chi connectivity index (χ3n) is 4.79. The van der Waals surface area contributed by atoms with Gasteiger partial charge in [0.25, 0.3) is 0 Å². The average Bonchev–Trinajstić information content (AvgIpc) is 3.27. The zero-order chi connectivity index (χ0) is 19.6. The zero-order valence-electron chi connectivity index (χ0n) is 16.7. The van der Waals surface area contributed by atoms with Crippen LogP contribution in [0.4, 0.5) is 5.00 Å². The van der Waals surface area contributed by atoms with E-state index in [1.165, 1.54) is 5.00 Å². The molecule has 1 fully saturated rings. The minimum Gasteiger partial charge on any atom is -0.491 e. The molecule has 0 amide bonds. The van der Waals surface area contributed by atoms with Gasteiger partial charge in [0, 0.05) is 39.8 Å². The lowest BCUT2D eigenvalue weighted by molar-refractivity contribution is 0.146. The van der Waals surface area contributed by atoms with E-state index in [0.29, 0.717) is 25.8 Å². The average molecular weight is 403 g/mol. The zero-order valence-corrected chi connectivity index (χ0v) is 17.5. The highest BCUT2D eigenvalue weighted by atomic mass is 32.1. The van der Waals surface area contributed by atoms with Gasteiger partial charge in [-0.1, -0.05) is 12.1 Å². The van der Waals surface area contributed by atoms with Gasteiger partial charge >= 0.3 is 0 Å². The van der Waals surface area contributed by atoms with Gasteiger partial charge in [0.15, 0.2) is 5.96 Å². The number of piperidine rings is 1. The molecule has 0 spiro atoms. The Kier molecular flexibility index (Phi) is 7.99. The molecule has 152 valence electrons. The van der Waals surface area contributed by atoms with E-state index in [-0.39, 0.29) is 0 Å². The minimum absolute atomic E-state index is 0.450. The first-order valence-electron chi connectivity index (χ1n) is 9.75. The van der Waals surface area contributed by atoms with Gasteiger partial charge in [-0.15, -0.1) is 11.3 Å². The molecular formula is C21H30N4O2S. The van der Waals surface area contributed by atoms with E-state index in [0.717, 1.165) is 43.2 Å². The molecule has 6 nitrogen and oxygen atoms in total. The summed E-state index contributed by atoms with van der Waals surface area (Å²) in [6.45, 7) is 4.01. The Morgan fingerprint density at radius 3 is 2.79 bits per heavy atom. The van der Waals surface area contributed by atoms with Crippen LogP contribution in [0.2, 0.25) is 0 Å². The van der Waals surface area contributed by atoms with Crippen molar-refractivity contribution in [3.63, 3.8) is 0 Å². The molecule has 1 saturated heterocycles. The molecule has 1 aromatic carbocycles. The van der Waals surface area contributed by atoms with Crippen molar-refractivity contribution in [2.45, 2.75) is 25.4 Å². The van der Waals surface area contributed by atoms with Crippen molar-refractivity contribution in [2.24, 2.45) is 4.99 Å². The Morgan fingerprint density at radius 2 is 2.07 bits per heavy atom. The van der Waals surface area contributed by atoms with E-state index in [2.05, 4.69) is 50.2 Å². The molecule has 1 aromatic heterocycles. The molecule has 2 aromatic rings. The SMILES string of the molecule is CN=C(NCc1cccc(OCCOC)c1)NC1CCN(c2cccs2)CC1. The first-order valence-corrected chi connectivity index (χ1v) is 10.6. The molecule has 0 saturated carbocycles. The lowest BCUT2D eigenvalue weighted by Crippen LogP contribution is -2.48. The highest BCUT2D eigenvalue weighted by molar-refractivity contribution is 7.14. The molecular weight excluding hydrogens is 372 g/mol. The van der Waals surface area contributed by atoms with Crippen LogP contribution in [-0.4, -0.2) is 52.5 Å². The number of nitrogens with one attached hydrogen (secondary N) is 2. The van der Waals surface area contributed by atoms with Crippen LogP contribution in [0.1, 0.15) is 18.4 Å². The van der Waals surface area contributed by atoms with Crippen LogP contribution in [0.3, 0.4) is 0 Å². The van der Waals surface area contributed by atoms with Crippen LogP contribution in [0, 0.1) is 0 Å². The predicted molar refractivity (Wildman–Crippen MR) is 117 cm³/mol. The van der Waals surface area contributed by atoms with Gasteiger partial charge in [-0.25, -0.2) is 0 Å². The highest BCUT2D eigenvalue weighted by Gasteiger charge is 2.20. The quantitative estimate of drug-likeness (QED) is 0.404. The summed E-state index contributed by atoms with van der Waals surface area (Å²) >= 11 is 1.81. The molecule has 0 atom stereocenters. The summed E-state index contributed by atoms with van der Waals surface area (Å²) < 4.78 is 10.7. The Labute approximate surface area is 171 Å². The van der Waals surface area contributed by atoms with Crippen molar-refractivity contribution in [1.29, 1.82) is 0 Å². The lowest BCUT2D eigenvalue weighted by Gasteiger charge is -2.33. The van der Waals surface area contributed by atoms with E-state index in [9.17, 15) is 0 Å². The second-order valence-corrected chi connectivity index (χ2v) is 7.70. The number of rotatable bonds is 8. The number of ether oxygens (including phenoxy) is 2. The minimum atomic E-state index is 0.450. The number of guanidine groups is 1. The molecule has 3 rings (SSSR count). The van der Waals surface area contributed by atoms with Crippen molar-refractivity contribution in [1.82, 2.24) is 10.6 Å². The summed E-state index contributed by atoms with van der Waals surface area (Å²) in [7, 11) is 3.49. The summed E-state index contributed by atoms with van der Waals surface area (Å²) in [5, 5.41) is 10.5.